The number of carbonyl (C=O) groups excluding carboxylic acids is 1. The predicted octanol–water partition coefficient (Wildman–Crippen LogP) is 1.51. The Labute approximate surface area is 124 Å². The lowest BCUT2D eigenvalue weighted by atomic mass is 10.1. The van der Waals surface area contributed by atoms with E-state index in [1.54, 1.807) is 6.20 Å². The van der Waals surface area contributed by atoms with Crippen LogP contribution in [-0.4, -0.2) is 48.0 Å². The standard InChI is InChI=1S/C14H21ClN4O/c1-2-3-12(16)14(20)19-8-6-18(7-9-19)13-5-4-11(15)10-17-13/h4-5,10,12H,2-3,6-9,16H2,1H3. The van der Waals surface area contributed by atoms with Crippen LogP contribution in [0.4, 0.5) is 5.82 Å². The molecule has 1 amide bonds. The summed E-state index contributed by atoms with van der Waals surface area (Å²) in [5, 5.41) is 0.633. The fourth-order valence-corrected chi connectivity index (χ4v) is 2.49. The molecule has 0 saturated carbocycles. The van der Waals surface area contributed by atoms with Crippen LogP contribution in [0.15, 0.2) is 18.3 Å². The molecule has 1 atom stereocenters. The Kier molecular flexibility index (Phi) is 5.20. The monoisotopic (exact) mass is 296 g/mol. The van der Waals surface area contributed by atoms with E-state index in [2.05, 4.69) is 9.88 Å². The van der Waals surface area contributed by atoms with Crippen molar-refractivity contribution in [3.05, 3.63) is 23.4 Å². The number of halogens is 1. The molecule has 0 aliphatic carbocycles. The zero-order valence-corrected chi connectivity index (χ0v) is 12.5. The summed E-state index contributed by atoms with van der Waals surface area (Å²) in [5.41, 5.74) is 5.89. The van der Waals surface area contributed by atoms with E-state index in [-0.39, 0.29) is 11.9 Å². The van der Waals surface area contributed by atoms with Gasteiger partial charge >= 0.3 is 0 Å². The second kappa shape index (κ2) is 6.90. The van der Waals surface area contributed by atoms with Crippen LogP contribution in [0.2, 0.25) is 5.02 Å². The number of amides is 1. The van der Waals surface area contributed by atoms with Gasteiger partial charge in [0.1, 0.15) is 5.82 Å². The third-order valence-corrected chi connectivity index (χ3v) is 3.77. The molecule has 0 radical (unpaired) electrons. The Morgan fingerprint density at radius 2 is 2.10 bits per heavy atom. The van der Waals surface area contributed by atoms with E-state index >= 15 is 0 Å². The van der Waals surface area contributed by atoms with Gasteiger partial charge < -0.3 is 15.5 Å². The minimum atomic E-state index is -0.361. The molecule has 0 spiro atoms. The lowest BCUT2D eigenvalue weighted by molar-refractivity contribution is -0.133. The molecule has 1 aromatic heterocycles. The predicted molar refractivity (Wildman–Crippen MR) is 80.9 cm³/mol. The highest BCUT2D eigenvalue weighted by Crippen LogP contribution is 2.16. The topological polar surface area (TPSA) is 62.5 Å². The molecule has 2 heterocycles. The first-order valence-corrected chi connectivity index (χ1v) is 7.40. The van der Waals surface area contributed by atoms with Crippen LogP contribution in [0.5, 0.6) is 0 Å². The number of aromatic nitrogens is 1. The number of piperazine rings is 1. The molecular weight excluding hydrogens is 276 g/mol. The SMILES string of the molecule is CCCC(N)C(=O)N1CCN(c2ccc(Cl)cn2)CC1. The molecule has 1 saturated heterocycles. The van der Waals surface area contributed by atoms with Gasteiger partial charge in [-0.05, 0) is 18.6 Å². The minimum Gasteiger partial charge on any atom is -0.353 e. The van der Waals surface area contributed by atoms with E-state index in [0.717, 1.165) is 31.7 Å². The molecule has 1 unspecified atom stereocenters. The Balaban J connectivity index is 1.89. The number of pyridine rings is 1. The van der Waals surface area contributed by atoms with Crippen LogP contribution in [0.1, 0.15) is 19.8 Å². The Morgan fingerprint density at radius 3 is 2.65 bits per heavy atom. The summed E-state index contributed by atoms with van der Waals surface area (Å²) in [6, 6.07) is 3.38. The van der Waals surface area contributed by atoms with Gasteiger partial charge in [0, 0.05) is 32.4 Å². The van der Waals surface area contributed by atoms with Crippen molar-refractivity contribution in [3.63, 3.8) is 0 Å². The van der Waals surface area contributed by atoms with Crippen molar-refractivity contribution >= 4 is 23.3 Å². The summed E-state index contributed by atoms with van der Waals surface area (Å²) in [6.07, 6.45) is 3.32. The highest BCUT2D eigenvalue weighted by Gasteiger charge is 2.25. The molecule has 1 fully saturated rings. The molecule has 1 aliphatic heterocycles. The normalized spacial score (nSPS) is 17.1. The minimum absolute atomic E-state index is 0.0653. The number of nitrogens with two attached hydrogens (primary N) is 1. The average Bonchev–Trinajstić information content (AvgIpc) is 2.48. The molecule has 0 aromatic carbocycles. The van der Waals surface area contributed by atoms with Crippen LogP contribution < -0.4 is 10.6 Å². The highest BCUT2D eigenvalue weighted by molar-refractivity contribution is 6.30. The maximum atomic E-state index is 12.1. The Morgan fingerprint density at radius 1 is 1.40 bits per heavy atom. The molecule has 2 N–H and O–H groups in total. The van der Waals surface area contributed by atoms with Gasteiger partial charge in [0.15, 0.2) is 0 Å². The molecule has 1 aliphatic rings. The molecule has 110 valence electrons. The molecule has 5 nitrogen and oxygen atoms in total. The van der Waals surface area contributed by atoms with E-state index < -0.39 is 0 Å². The number of nitrogens with zero attached hydrogens (tertiary/aromatic N) is 3. The van der Waals surface area contributed by atoms with Gasteiger partial charge in [-0.2, -0.15) is 0 Å². The van der Waals surface area contributed by atoms with E-state index in [1.165, 1.54) is 0 Å². The van der Waals surface area contributed by atoms with Crippen LogP contribution in [0.25, 0.3) is 0 Å². The Hall–Kier alpha value is -1.33. The molecule has 1 aromatic rings. The fraction of sp³-hybridized carbons (Fsp3) is 0.571. The van der Waals surface area contributed by atoms with Gasteiger partial charge in [0.25, 0.3) is 0 Å². The maximum Gasteiger partial charge on any atom is 0.239 e. The summed E-state index contributed by atoms with van der Waals surface area (Å²) in [5.74, 6) is 0.968. The molecule has 0 bridgehead atoms. The summed E-state index contributed by atoms with van der Waals surface area (Å²) in [6.45, 7) is 4.98. The van der Waals surface area contributed by atoms with Crippen molar-refractivity contribution in [2.75, 3.05) is 31.1 Å². The first-order valence-electron chi connectivity index (χ1n) is 7.02. The summed E-state index contributed by atoms with van der Waals surface area (Å²) in [4.78, 5) is 20.4. The number of hydrogen-bond donors (Lipinski definition) is 1. The average molecular weight is 297 g/mol. The van der Waals surface area contributed by atoms with E-state index in [9.17, 15) is 4.79 Å². The van der Waals surface area contributed by atoms with Gasteiger partial charge in [-0.25, -0.2) is 4.98 Å². The smallest absolute Gasteiger partial charge is 0.239 e. The summed E-state index contributed by atoms with van der Waals surface area (Å²) < 4.78 is 0. The number of hydrogen-bond acceptors (Lipinski definition) is 4. The molecule has 20 heavy (non-hydrogen) atoms. The van der Waals surface area contributed by atoms with Crippen molar-refractivity contribution in [1.29, 1.82) is 0 Å². The van der Waals surface area contributed by atoms with Crippen LogP contribution in [-0.2, 0) is 4.79 Å². The van der Waals surface area contributed by atoms with Crippen molar-refractivity contribution < 1.29 is 4.79 Å². The van der Waals surface area contributed by atoms with Crippen LogP contribution in [0.3, 0.4) is 0 Å². The lowest BCUT2D eigenvalue weighted by Crippen LogP contribution is -2.53. The largest absolute Gasteiger partial charge is 0.353 e. The second-order valence-corrected chi connectivity index (χ2v) is 5.48. The van der Waals surface area contributed by atoms with E-state index in [4.69, 9.17) is 17.3 Å². The lowest BCUT2D eigenvalue weighted by Gasteiger charge is -2.36. The van der Waals surface area contributed by atoms with Crippen LogP contribution >= 0.6 is 11.6 Å². The zero-order valence-electron chi connectivity index (χ0n) is 11.8. The van der Waals surface area contributed by atoms with Crippen molar-refractivity contribution in [1.82, 2.24) is 9.88 Å². The van der Waals surface area contributed by atoms with Gasteiger partial charge in [-0.15, -0.1) is 0 Å². The van der Waals surface area contributed by atoms with Gasteiger partial charge in [-0.3, -0.25) is 4.79 Å². The third-order valence-electron chi connectivity index (χ3n) is 3.54. The van der Waals surface area contributed by atoms with Crippen molar-refractivity contribution in [2.24, 2.45) is 5.73 Å². The zero-order chi connectivity index (χ0) is 14.5. The van der Waals surface area contributed by atoms with E-state index in [1.807, 2.05) is 24.0 Å². The quantitative estimate of drug-likeness (QED) is 0.915. The van der Waals surface area contributed by atoms with Crippen LogP contribution in [0, 0.1) is 0 Å². The first-order chi connectivity index (χ1) is 9.61. The van der Waals surface area contributed by atoms with Gasteiger partial charge in [-0.1, -0.05) is 24.9 Å². The van der Waals surface area contributed by atoms with Gasteiger partial charge in [0.05, 0.1) is 11.1 Å². The summed E-state index contributed by atoms with van der Waals surface area (Å²) in [7, 11) is 0. The van der Waals surface area contributed by atoms with Crippen molar-refractivity contribution in [2.45, 2.75) is 25.8 Å². The Bertz CT molecular complexity index is 443. The highest BCUT2D eigenvalue weighted by atomic mass is 35.5. The van der Waals surface area contributed by atoms with Crippen molar-refractivity contribution in [3.8, 4) is 0 Å². The molecule has 6 heteroatoms. The first kappa shape index (κ1) is 15.1. The molecule has 2 rings (SSSR count). The summed E-state index contributed by atoms with van der Waals surface area (Å²) >= 11 is 5.83. The number of rotatable bonds is 4. The second-order valence-electron chi connectivity index (χ2n) is 5.04. The van der Waals surface area contributed by atoms with Gasteiger partial charge in [0.2, 0.25) is 5.91 Å². The number of carbonyl (C=O) groups is 1. The third kappa shape index (κ3) is 3.61. The number of anilines is 1. The molecular formula is C14H21ClN4O. The van der Waals surface area contributed by atoms with E-state index in [0.29, 0.717) is 18.1 Å². The maximum absolute atomic E-state index is 12.1. The fourth-order valence-electron chi connectivity index (χ4n) is 2.38.